The molecule has 4 atom stereocenters. The van der Waals surface area contributed by atoms with Gasteiger partial charge in [-0.05, 0) is 95.0 Å². The molecule has 1 fully saturated rings. The molecule has 2 aromatic rings. The number of benzene rings is 2. The van der Waals surface area contributed by atoms with Crippen molar-refractivity contribution in [1.82, 2.24) is 4.90 Å². The van der Waals surface area contributed by atoms with Gasteiger partial charge in [0.25, 0.3) is 0 Å². The summed E-state index contributed by atoms with van der Waals surface area (Å²) in [5.74, 6) is 7.76. The summed E-state index contributed by atoms with van der Waals surface area (Å²) < 4.78 is 42.9. The lowest BCUT2D eigenvalue weighted by Gasteiger charge is -2.34. The van der Waals surface area contributed by atoms with Gasteiger partial charge in [0.15, 0.2) is 9.84 Å². The van der Waals surface area contributed by atoms with E-state index in [0.29, 0.717) is 36.5 Å². The van der Waals surface area contributed by atoms with E-state index in [9.17, 15) is 12.6 Å². The second kappa shape index (κ2) is 11.2. The molecule has 0 saturated carbocycles. The lowest BCUT2D eigenvalue weighted by atomic mass is 9.87. The Kier molecular flexibility index (Phi) is 8.41. The second-order valence-corrected chi connectivity index (χ2v) is 15.5. The molecule has 0 bridgehead atoms. The van der Waals surface area contributed by atoms with Gasteiger partial charge in [-0.25, -0.2) is 8.42 Å². The fourth-order valence-electron chi connectivity index (χ4n) is 5.26. The van der Waals surface area contributed by atoms with Crippen molar-refractivity contribution in [3.8, 4) is 18.1 Å². The van der Waals surface area contributed by atoms with Crippen LogP contribution in [0, 0.1) is 18.3 Å². The number of aryl methyl sites for hydroxylation is 1. The van der Waals surface area contributed by atoms with Crippen molar-refractivity contribution in [3.63, 3.8) is 0 Å². The van der Waals surface area contributed by atoms with Crippen LogP contribution in [0.2, 0.25) is 5.02 Å². The van der Waals surface area contributed by atoms with Gasteiger partial charge in [-0.15, -0.1) is 6.42 Å². The van der Waals surface area contributed by atoms with Crippen molar-refractivity contribution in [2.45, 2.75) is 49.1 Å². The molecule has 5 nitrogen and oxygen atoms in total. The molecular formula is C28H34ClNO4S2. The molecule has 2 aromatic carbocycles. The van der Waals surface area contributed by atoms with Crippen molar-refractivity contribution in [2.75, 3.05) is 30.9 Å². The third kappa shape index (κ3) is 6.86. The van der Waals surface area contributed by atoms with Crippen LogP contribution in [0.3, 0.4) is 0 Å². The first kappa shape index (κ1) is 27.1. The highest BCUT2D eigenvalue weighted by molar-refractivity contribution is 7.99. The summed E-state index contributed by atoms with van der Waals surface area (Å²) in [7, 11) is -5.62. The Bertz CT molecular complexity index is 1330. The van der Waals surface area contributed by atoms with Crippen molar-refractivity contribution >= 4 is 36.8 Å². The molecule has 1 aliphatic heterocycles. The van der Waals surface area contributed by atoms with Gasteiger partial charge in [0.05, 0.1) is 23.3 Å². The van der Waals surface area contributed by atoms with E-state index in [1.54, 1.807) is 30.5 Å². The van der Waals surface area contributed by atoms with E-state index in [-0.39, 0.29) is 16.7 Å². The Morgan fingerprint density at radius 2 is 1.89 bits per heavy atom. The molecule has 0 spiro atoms. The van der Waals surface area contributed by atoms with Crippen LogP contribution < -0.4 is 4.74 Å². The van der Waals surface area contributed by atoms with Crippen LogP contribution in [0.25, 0.3) is 0 Å². The molecular weight excluding hydrogens is 514 g/mol. The van der Waals surface area contributed by atoms with E-state index in [0.717, 1.165) is 37.3 Å². The molecule has 0 amide bonds. The van der Waals surface area contributed by atoms with Gasteiger partial charge in [0.1, 0.15) is 5.75 Å². The molecule has 0 N–H and O–H groups in total. The number of hydrogen-bond donors (Lipinski definition) is 0. The van der Waals surface area contributed by atoms with E-state index in [2.05, 4.69) is 28.8 Å². The molecule has 4 rings (SSSR count). The topological polar surface area (TPSA) is 63.7 Å². The first-order valence-corrected chi connectivity index (χ1v) is 16.6. The number of fused-ring (bicyclic) bond motifs is 1. The Morgan fingerprint density at radius 1 is 1.14 bits per heavy atom. The van der Waals surface area contributed by atoms with E-state index in [1.165, 1.54) is 11.1 Å². The quantitative estimate of drug-likeness (QED) is 0.349. The number of rotatable bonds is 9. The van der Waals surface area contributed by atoms with Crippen molar-refractivity contribution in [1.29, 1.82) is 0 Å². The number of halogens is 1. The molecule has 1 aliphatic carbocycles. The average Bonchev–Trinajstić information content (AvgIpc) is 3.25. The smallest absolute Gasteiger partial charge is 0.178 e. The first-order valence-electron chi connectivity index (χ1n) is 12.3. The third-order valence-corrected chi connectivity index (χ3v) is 10.3. The van der Waals surface area contributed by atoms with Crippen LogP contribution in [0.4, 0.5) is 0 Å². The maximum Gasteiger partial charge on any atom is 0.178 e. The lowest BCUT2D eigenvalue weighted by Crippen LogP contribution is -2.42. The van der Waals surface area contributed by atoms with E-state index in [4.69, 9.17) is 22.8 Å². The van der Waals surface area contributed by atoms with Gasteiger partial charge in [-0.3, -0.25) is 9.11 Å². The standard InChI is InChI=1S/C28H34ClNO4S2/c1-4-25-16-21(19-30(25)26-9-7-22-6-8-24(29)17-23(22)18-26)20-34-27-10-12-28(13-11-27)36(32,33)15-5-14-35(2,3)31/h1,6,8,10-13,17,21,25-26H,2,5,7,9,14-16,18-20H2,3H3/t21-,25+,26?,35?/m0/s1. The first-order chi connectivity index (χ1) is 17.0. The minimum atomic E-state index is -3.43. The minimum Gasteiger partial charge on any atom is -0.493 e. The minimum absolute atomic E-state index is 0.0449. The monoisotopic (exact) mass is 547 g/mol. The predicted octanol–water partition coefficient (Wildman–Crippen LogP) is 4.11. The van der Waals surface area contributed by atoms with Crippen molar-refractivity contribution in [2.24, 2.45) is 5.92 Å². The summed E-state index contributed by atoms with van der Waals surface area (Å²) in [6.45, 7) is 1.42. The number of nitrogens with zero attached hydrogens (tertiary/aromatic N) is 1. The zero-order valence-corrected chi connectivity index (χ0v) is 23.1. The summed E-state index contributed by atoms with van der Waals surface area (Å²) >= 11 is 6.23. The van der Waals surface area contributed by atoms with Crippen LogP contribution >= 0.6 is 11.6 Å². The van der Waals surface area contributed by atoms with Gasteiger partial charge in [0.2, 0.25) is 0 Å². The summed E-state index contributed by atoms with van der Waals surface area (Å²) in [6, 6.07) is 13.2. The molecule has 2 aliphatic rings. The number of terminal acetylenes is 1. The maximum absolute atomic E-state index is 12.6. The third-order valence-electron chi connectivity index (χ3n) is 7.12. The molecule has 1 saturated heterocycles. The fraction of sp³-hybridized carbons (Fsp3) is 0.464. The number of likely N-dealkylation sites (tertiary alicyclic amines) is 1. The SMILES string of the molecule is C#C[C@@H]1C[C@H](COc2ccc(S(=O)(=O)CCCS(=C)(C)=O)cc2)CN1C1CCc2ccc(Cl)cc2C1. The molecule has 194 valence electrons. The van der Waals surface area contributed by atoms with Crippen LogP contribution in [0.5, 0.6) is 5.75 Å². The molecule has 1 heterocycles. The van der Waals surface area contributed by atoms with Gasteiger partial charge in [0, 0.05) is 35.5 Å². The lowest BCUT2D eigenvalue weighted by molar-refractivity contribution is 0.177. The highest BCUT2D eigenvalue weighted by Gasteiger charge is 2.37. The Hall–Kier alpha value is -1.98. The molecule has 36 heavy (non-hydrogen) atoms. The van der Waals surface area contributed by atoms with Crippen LogP contribution in [-0.2, 0) is 32.2 Å². The highest BCUT2D eigenvalue weighted by Crippen LogP contribution is 2.33. The normalized spacial score (nSPS) is 24.0. The molecule has 0 aromatic heterocycles. The Balaban J connectivity index is 1.32. The number of sulfone groups is 1. The van der Waals surface area contributed by atoms with E-state index in [1.807, 2.05) is 6.07 Å². The molecule has 2 unspecified atom stereocenters. The van der Waals surface area contributed by atoms with Crippen LogP contribution in [0.1, 0.15) is 30.4 Å². The van der Waals surface area contributed by atoms with Crippen molar-refractivity contribution < 1.29 is 17.4 Å². The van der Waals surface area contributed by atoms with Crippen molar-refractivity contribution in [3.05, 3.63) is 58.6 Å². The summed E-state index contributed by atoms with van der Waals surface area (Å²) in [5.41, 5.74) is 2.70. The predicted molar refractivity (Wildman–Crippen MR) is 149 cm³/mol. The van der Waals surface area contributed by atoms with Gasteiger partial charge in [-0.1, -0.05) is 23.6 Å². The van der Waals surface area contributed by atoms with Gasteiger partial charge in [-0.2, -0.15) is 0 Å². The molecule has 0 radical (unpaired) electrons. The maximum atomic E-state index is 12.6. The zero-order valence-electron chi connectivity index (χ0n) is 20.7. The van der Waals surface area contributed by atoms with Crippen LogP contribution in [-0.4, -0.2) is 66.4 Å². The van der Waals surface area contributed by atoms with E-state index >= 15 is 0 Å². The van der Waals surface area contributed by atoms with Gasteiger partial charge < -0.3 is 4.74 Å². The second-order valence-electron chi connectivity index (χ2n) is 10.1. The average molecular weight is 548 g/mol. The summed E-state index contributed by atoms with van der Waals surface area (Å²) in [5, 5.41) is 0.777. The van der Waals surface area contributed by atoms with E-state index < -0.39 is 19.4 Å². The largest absolute Gasteiger partial charge is 0.493 e. The Labute approximate surface area is 221 Å². The summed E-state index contributed by atoms with van der Waals surface area (Å²) in [6.07, 6.45) is 11.7. The zero-order chi connectivity index (χ0) is 25.9. The summed E-state index contributed by atoms with van der Waals surface area (Å²) in [4.78, 5) is 2.70. The highest BCUT2D eigenvalue weighted by atomic mass is 35.5. The number of ether oxygens (including phenoxy) is 1. The molecule has 8 heteroatoms. The Morgan fingerprint density at radius 3 is 2.58 bits per heavy atom. The van der Waals surface area contributed by atoms with Gasteiger partial charge >= 0.3 is 0 Å². The van der Waals surface area contributed by atoms with Crippen LogP contribution in [0.15, 0.2) is 47.4 Å². The number of hydrogen-bond acceptors (Lipinski definition) is 5. The fourth-order valence-corrected chi connectivity index (χ4v) is 7.70.